The minimum atomic E-state index is -0.968. The Labute approximate surface area is 107 Å². The van der Waals surface area contributed by atoms with Crippen molar-refractivity contribution in [3.8, 4) is 0 Å². The summed E-state index contributed by atoms with van der Waals surface area (Å²) in [5.41, 5.74) is 0.655. The zero-order valence-electron chi connectivity index (χ0n) is 9.95. The second-order valence-corrected chi connectivity index (χ2v) is 4.50. The van der Waals surface area contributed by atoms with Gasteiger partial charge in [-0.3, -0.25) is 14.0 Å². The van der Waals surface area contributed by atoms with Crippen LogP contribution in [0.15, 0.2) is 17.8 Å². The van der Waals surface area contributed by atoms with Crippen molar-refractivity contribution in [2.24, 2.45) is 5.92 Å². The molecule has 0 aliphatic heterocycles. The number of carbonyl (C=O) groups is 2. The van der Waals surface area contributed by atoms with E-state index in [9.17, 15) is 9.59 Å². The Hall–Kier alpha value is -1.89. The monoisotopic (exact) mass is 268 g/mol. The van der Waals surface area contributed by atoms with Crippen molar-refractivity contribution >= 4 is 28.2 Å². The molecule has 0 fully saturated rings. The lowest BCUT2D eigenvalue weighted by Crippen LogP contribution is -2.28. The molecule has 6 nitrogen and oxygen atoms in total. The van der Waals surface area contributed by atoms with Crippen LogP contribution in [0.2, 0.25) is 0 Å². The second-order valence-electron chi connectivity index (χ2n) is 3.63. The fraction of sp³-hybridized carbons (Fsp3) is 0.364. The van der Waals surface area contributed by atoms with Gasteiger partial charge >= 0.3 is 11.9 Å². The fourth-order valence-electron chi connectivity index (χ4n) is 1.63. The van der Waals surface area contributed by atoms with E-state index in [4.69, 9.17) is 0 Å². The van der Waals surface area contributed by atoms with Gasteiger partial charge < -0.3 is 9.47 Å². The molecular formula is C11H12N2O4S. The first-order valence-electron chi connectivity index (χ1n) is 5.22. The molecule has 0 unspecified atom stereocenters. The van der Waals surface area contributed by atoms with Crippen molar-refractivity contribution in [1.29, 1.82) is 0 Å². The van der Waals surface area contributed by atoms with Crippen molar-refractivity contribution in [3.05, 3.63) is 23.5 Å². The number of ether oxygens (including phenoxy) is 2. The van der Waals surface area contributed by atoms with E-state index >= 15 is 0 Å². The Morgan fingerprint density at radius 1 is 1.39 bits per heavy atom. The summed E-state index contributed by atoms with van der Waals surface area (Å²) >= 11 is 1.48. The number of imidazole rings is 1. The van der Waals surface area contributed by atoms with E-state index in [1.54, 1.807) is 6.20 Å². The number of esters is 2. The number of rotatable bonds is 4. The molecule has 0 radical (unpaired) electrons. The molecule has 2 aromatic rings. The summed E-state index contributed by atoms with van der Waals surface area (Å²) < 4.78 is 11.0. The van der Waals surface area contributed by atoms with Gasteiger partial charge in [-0.25, -0.2) is 4.98 Å². The highest BCUT2D eigenvalue weighted by Crippen LogP contribution is 2.16. The van der Waals surface area contributed by atoms with E-state index in [1.807, 2.05) is 16.0 Å². The molecule has 0 spiro atoms. The number of carbonyl (C=O) groups excluding carboxylic acids is 2. The summed E-state index contributed by atoms with van der Waals surface area (Å²) in [6.07, 6.45) is 3.82. The number of hydrogen-bond donors (Lipinski definition) is 0. The van der Waals surface area contributed by atoms with Crippen LogP contribution in [-0.4, -0.2) is 35.5 Å². The van der Waals surface area contributed by atoms with Crippen LogP contribution in [0, 0.1) is 5.92 Å². The molecule has 0 atom stereocenters. The zero-order valence-corrected chi connectivity index (χ0v) is 10.8. The SMILES string of the molecule is COC(=O)C(Cc1cn2ccsc2n1)C(=O)OC. The molecule has 18 heavy (non-hydrogen) atoms. The molecule has 2 aromatic heterocycles. The smallest absolute Gasteiger partial charge is 0.320 e. The molecule has 96 valence electrons. The average molecular weight is 268 g/mol. The Morgan fingerprint density at radius 2 is 2.06 bits per heavy atom. The van der Waals surface area contributed by atoms with Crippen LogP contribution in [0.1, 0.15) is 5.69 Å². The van der Waals surface area contributed by atoms with Gasteiger partial charge in [0.2, 0.25) is 0 Å². The van der Waals surface area contributed by atoms with Crippen molar-refractivity contribution in [1.82, 2.24) is 9.38 Å². The van der Waals surface area contributed by atoms with Crippen LogP contribution in [0.3, 0.4) is 0 Å². The third-order valence-corrected chi connectivity index (χ3v) is 3.30. The van der Waals surface area contributed by atoms with Gasteiger partial charge in [0, 0.05) is 24.2 Å². The highest BCUT2D eigenvalue weighted by Gasteiger charge is 2.29. The van der Waals surface area contributed by atoms with Gasteiger partial charge in [0.15, 0.2) is 10.9 Å². The van der Waals surface area contributed by atoms with E-state index in [-0.39, 0.29) is 6.42 Å². The normalized spacial score (nSPS) is 10.8. The first-order valence-corrected chi connectivity index (χ1v) is 6.10. The van der Waals surface area contributed by atoms with Crippen LogP contribution in [0.25, 0.3) is 4.96 Å². The lowest BCUT2D eigenvalue weighted by molar-refractivity contribution is -0.158. The van der Waals surface area contributed by atoms with Crippen molar-refractivity contribution < 1.29 is 19.1 Å². The Kier molecular flexibility index (Phi) is 3.61. The van der Waals surface area contributed by atoms with Crippen LogP contribution in [0.4, 0.5) is 0 Å². The van der Waals surface area contributed by atoms with Gasteiger partial charge in [-0.15, -0.1) is 11.3 Å². The van der Waals surface area contributed by atoms with Gasteiger partial charge in [0.05, 0.1) is 19.9 Å². The molecule has 0 amide bonds. The Morgan fingerprint density at radius 3 is 2.61 bits per heavy atom. The summed E-state index contributed by atoms with van der Waals surface area (Å²) in [7, 11) is 2.48. The molecule has 0 aliphatic rings. The van der Waals surface area contributed by atoms with E-state index in [1.165, 1.54) is 25.6 Å². The number of thiazole rings is 1. The topological polar surface area (TPSA) is 69.9 Å². The average Bonchev–Trinajstić information content (AvgIpc) is 2.94. The van der Waals surface area contributed by atoms with E-state index in [2.05, 4.69) is 14.5 Å². The predicted octanol–water partition coefficient (Wildman–Crippen LogP) is 0.900. The molecular weight excluding hydrogens is 256 g/mol. The van der Waals surface area contributed by atoms with E-state index in [0.29, 0.717) is 5.69 Å². The largest absolute Gasteiger partial charge is 0.468 e. The van der Waals surface area contributed by atoms with Crippen LogP contribution >= 0.6 is 11.3 Å². The maximum atomic E-state index is 11.5. The van der Waals surface area contributed by atoms with E-state index in [0.717, 1.165) is 4.96 Å². The summed E-state index contributed by atoms with van der Waals surface area (Å²) in [5, 5.41) is 1.91. The zero-order chi connectivity index (χ0) is 13.1. The summed E-state index contributed by atoms with van der Waals surface area (Å²) in [4.78, 5) is 28.2. The number of fused-ring (bicyclic) bond motifs is 1. The van der Waals surface area contributed by atoms with Crippen molar-refractivity contribution in [2.75, 3.05) is 14.2 Å². The molecule has 7 heteroatoms. The Balaban J connectivity index is 2.20. The number of methoxy groups -OCH3 is 2. The lowest BCUT2D eigenvalue weighted by atomic mass is 10.0. The molecule has 2 rings (SSSR count). The van der Waals surface area contributed by atoms with Gasteiger partial charge in [-0.2, -0.15) is 0 Å². The highest BCUT2D eigenvalue weighted by atomic mass is 32.1. The molecule has 0 N–H and O–H groups in total. The molecule has 0 aromatic carbocycles. The van der Waals surface area contributed by atoms with Gasteiger partial charge in [-0.1, -0.05) is 0 Å². The summed E-state index contributed by atoms with van der Waals surface area (Å²) in [6, 6.07) is 0. The summed E-state index contributed by atoms with van der Waals surface area (Å²) in [6.45, 7) is 0. The second kappa shape index (κ2) is 5.18. The minimum Gasteiger partial charge on any atom is -0.468 e. The molecule has 0 bridgehead atoms. The molecule has 0 saturated carbocycles. The van der Waals surface area contributed by atoms with Gasteiger partial charge in [-0.05, 0) is 0 Å². The third kappa shape index (κ3) is 2.35. The van der Waals surface area contributed by atoms with Crippen LogP contribution in [-0.2, 0) is 25.5 Å². The molecule has 0 saturated heterocycles. The Bertz CT molecular complexity index is 530. The predicted molar refractivity (Wildman–Crippen MR) is 64.3 cm³/mol. The molecule has 0 aliphatic carbocycles. The number of hydrogen-bond acceptors (Lipinski definition) is 6. The number of aromatic nitrogens is 2. The highest BCUT2D eigenvalue weighted by molar-refractivity contribution is 7.15. The number of nitrogens with zero attached hydrogens (tertiary/aromatic N) is 2. The maximum Gasteiger partial charge on any atom is 0.320 e. The van der Waals surface area contributed by atoms with E-state index < -0.39 is 17.9 Å². The minimum absolute atomic E-state index is 0.174. The van der Waals surface area contributed by atoms with Gasteiger partial charge in [0.1, 0.15) is 0 Å². The maximum absolute atomic E-state index is 11.5. The third-order valence-electron chi connectivity index (χ3n) is 2.53. The first-order chi connectivity index (χ1) is 8.65. The fourth-order valence-corrected chi connectivity index (χ4v) is 2.35. The van der Waals surface area contributed by atoms with Crippen molar-refractivity contribution in [3.63, 3.8) is 0 Å². The van der Waals surface area contributed by atoms with Crippen LogP contribution < -0.4 is 0 Å². The van der Waals surface area contributed by atoms with Crippen LogP contribution in [0.5, 0.6) is 0 Å². The molecule has 2 heterocycles. The first kappa shape index (κ1) is 12.6. The lowest BCUT2D eigenvalue weighted by Gasteiger charge is -2.10. The summed E-state index contributed by atoms with van der Waals surface area (Å²) in [5.74, 6) is -2.19. The standard InChI is InChI=1S/C11H12N2O4S/c1-16-9(14)8(10(15)17-2)5-7-6-13-3-4-18-11(13)12-7/h3-4,6,8H,5H2,1-2H3. The van der Waals surface area contributed by atoms with Crippen molar-refractivity contribution in [2.45, 2.75) is 6.42 Å². The quantitative estimate of drug-likeness (QED) is 0.608. The van der Waals surface area contributed by atoms with Gasteiger partial charge in [0.25, 0.3) is 0 Å².